The van der Waals surface area contributed by atoms with Gasteiger partial charge in [0.2, 0.25) is 6.29 Å². The van der Waals surface area contributed by atoms with E-state index in [4.69, 9.17) is 9.47 Å². The van der Waals surface area contributed by atoms with Crippen LogP contribution in [0.15, 0.2) is 17.1 Å². The van der Waals surface area contributed by atoms with Crippen LogP contribution >= 0.6 is 0 Å². The number of carbonyl (C=O) groups excluding carboxylic acids is 1. The Labute approximate surface area is 170 Å². The van der Waals surface area contributed by atoms with Crippen molar-refractivity contribution in [3.8, 4) is 0 Å². The number of nitrogens with zero attached hydrogens (tertiary/aromatic N) is 5. The van der Waals surface area contributed by atoms with Gasteiger partial charge in [0.05, 0.1) is 7.11 Å². The van der Waals surface area contributed by atoms with Gasteiger partial charge in [0.25, 0.3) is 5.95 Å². The summed E-state index contributed by atoms with van der Waals surface area (Å²) < 4.78 is 16.4. The van der Waals surface area contributed by atoms with Gasteiger partial charge in [-0.2, -0.15) is 34.3 Å². The topological polar surface area (TPSA) is 101 Å². The molecule has 10 heteroatoms. The second-order valence-corrected chi connectivity index (χ2v) is 4.96. The van der Waals surface area contributed by atoms with Gasteiger partial charge in [0, 0.05) is 46.7 Å². The molecule has 0 saturated heterocycles. The van der Waals surface area contributed by atoms with Crippen LogP contribution in [-0.2, 0) is 54.0 Å². The molecule has 1 atom stereocenters. The number of methoxy groups -OCH3 is 1. The summed E-state index contributed by atoms with van der Waals surface area (Å²) in [5.74, 6) is 0.452. The molecule has 0 fully saturated rings. The summed E-state index contributed by atoms with van der Waals surface area (Å²) in [6.45, 7) is 5.36. The third-order valence-electron chi connectivity index (χ3n) is 3.02. The molecule has 1 heterocycles. The number of hydrogen-bond donors (Lipinski definition) is 0. The monoisotopic (exact) mass is 421 g/mol. The number of rotatable bonds is 4. The maximum atomic E-state index is 11.2. The Morgan fingerprint density at radius 2 is 2.04 bits per heavy atom. The Balaban J connectivity index is 0.00000312. The fourth-order valence-corrected chi connectivity index (χ4v) is 1.89. The van der Waals surface area contributed by atoms with Crippen molar-refractivity contribution in [2.24, 2.45) is 12.0 Å². The molecule has 0 aliphatic carbocycles. The van der Waals surface area contributed by atoms with Crippen molar-refractivity contribution in [3.63, 3.8) is 0 Å². The predicted octanol–water partition coefficient (Wildman–Crippen LogP) is 1.85. The Morgan fingerprint density at radius 1 is 1.32 bits per heavy atom. The SMILES string of the molecule is COC(=O)OC(C)OC(=Nc1nnnn1C)c1ccc(C)[c-]c1C.[Y]. The summed E-state index contributed by atoms with van der Waals surface area (Å²) in [6, 6.07) is 6.91. The first-order valence-electron chi connectivity index (χ1n) is 7.13. The smallest absolute Gasteiger partial charge is 0.448 e. The van der Waals surface area contributed by atoms with Crippen LogP contribution in [0.1, 0.15) is 23.6 Å². The first kappa shape index (κ1) is 21.2. The summed E-state index contributed by atoms with van der Waals surface area (Å²) in [5, 5.41) is 11.1. The summed E-state index contributed by atoms with van der Waals surface area (Å²) in [4.78, 5) is 15.5. The number of carbonyl (C=O) groups is 1. The van der Waals surface area contributed by atoms with Crippen molar-refractivity contribution in [3.05, 3.63) is 34.9 Å². The van der Waals surface area contributed by atoms with Gasteiger partial charge in [0.15, 0.2) is 5.90 Å². The van der Waals surface area contributed by atoms with Crippen LogP contribution in [0.5, 0.6) is 0 Å². The van der Waals surface area contributed by atoms with Crippen molar-refractivity contribution in [1.82, 2.24) is 20.2 Å². The standard InChI is InChI=1S/C15H18N5O4.Y/c1-9-6-7-12(10(2)8-9)13(16-14-17-18-19-20(14)4)23-11(3)24-15(21)22-5;/h6-7,11H,1-5H3;/q-1;. The molecule has 9 nitrogen and oxygen atoms in total. The maximum Gasteiger partial charge on any atom is 0.511 e. The molecular formula is C15H18N5O4Y-. The Morgan fingerprint density at radius 3 is 2.60 bits per heavy atom. The zero-order chi connectivity index (χ0) is 17.7. The van der Waals surface area contributed by atoms with E-state index in [0.29, 0.717) is 5.56 Å². The minimum Gasteiger partial charge on any atom is -0.448 e. The molecule has 1 aromatic carbocycles. The molecule has 0 amide bonds. The van der Waals surface area contributed by atoms with Gasteiger partial charge in [-0.3, -0.25) is 0 Å². The quantitative estimate of drug-likeness (QED) is 0.244. The molecule has 1 radical (unpaired) electrons. The van der Waals surface area contributed by atoms with Crippen molar-refractivity contribution >= 4 is 18.0 Å². The van der Waals surface area contributed by atoms with Gasteiger partial charge >= 0.3 is 6.16 Å². The van der Waals surface area contributed by atoms with Crippen molar-refractivity contribution in [2.45, 2.75) is 27.1 Å². The van der Waals surface area contributed by atoms with Crippen LogP contribution in [0, 0.1) is 19.9 Å². The molecule has 0 bridgehead atoms. The minimum absolute atomic E-state index is 0. The number of aliphatic imine (C=N–C) groups is 1. The molecule has 0 aliphatic heterocycles. The average molecular weight is 421 g/mol. The van der Waals surface area contributed by atoms with Crippen LogP contribution in [0.2, 0.25) is 0 Å². The molecule has 0 aliphatic rings. The van der Waals surface area contributed by atoms with Crippen LogP contribution in [-0.4, -0.2) is 45.7 Å². The molecular weight excluding hydrogens is 403 g/mol. The van der Waals surface area contributed by atoms with E-state index < -0.39 is 12.4 Å². The van der Waals surface area contributed by atoms with Crippen LogP contribution in [0.25, 0.3) is 0 Å². The Bertz CT molecular complexity index is 762. The molecule has 2 rings (SSSR count). The molecule has 0 spiro atoms. The van der Waals surface area contributed by atoms with Gasteiger partial charge in [-0.15, -0.1) is 0 Å². The number of benzene rings is 1. The van der Waals surface area contributed by atoms with E-state index in [0.717, 1.165) is 11.1 Å². The first-order chi connectivity index (χ1) is 11.4. The van der Waals surface area contributed by atoms with E-state index in [2.05, 4.69) is 31.3 Å². The molecule has 0 N–H and O–H groups in total. The van der Waals surface area contributed by atoms with Gasteiger partial charge in [0.1, 0.15) is 0 Å². The second-order valence-electron chi connectivity index (χ2n) is 4.96. The average Bonchev–Trinajstić information content (AvgIpc) is 2.91. The molecule has 2 aromatic rings. The number of ether oxygens (including phenoxy) is 3. The third-order valence-corrected chi connectivity index (χ3v) is 3.02. The van der Waals surface area contributed by atoms with E-state index in [1.54, 1.807) is 14.0 Å². The van der Waals surface area contributed by atoms with Crippen molar-refractivity contribution < 1.29 is 51.7 Å². The molecule has 25 heavy (non-hydrogen) atoms. The normalized spacial score (nSPS) is 12.1. The largest absolute Gasteiger partial charge is 0.511 e. The molecule has 0 saturated carbocycles. The summed E-state index contributed by atoms with van der Waals surface area (Å²) in [5.41, 5.74) is 2.49. The fraction of sp³-hybridized carbons (Fsp3) is 0.400. The van der Waals surface area contributed by atoms with Gasteiger partial charge in [-0.05, 0) is 10.4 Å². The number of hydrogen-bond acceptors (Lipinski definition) is 8. The molecule has 131 valence electrons. The van der Waals surface area contributed by atoms with E-state index in [1.165, 1.54) is 11.8 Å². The fourth-order valence-electron chi connectivity index (χ4n) is 1.89. The molecule has 1 unspecified atom stereocenters. The van der Waals surface area contributed by atoms with Crippen molar-refractivity contribution in [2.75, 3.05) is 7.11 Å². The number of tetrazole rings is 1. The summed E-state index contributed by atoms with van der Waals surface area (Å²) in [6.07, 6.45) is -1.77. The Hall–Kier alpha value is -1.87. The zero-order valence-corrected chi connectivity index (χ0v) is 17.5. The maximum absolute atomic E-state index is 11.2. The van der Waals surface area contributed by atoms with E-state index in [1.807, 2.05) is 26.0 Å². The van der Waals surface area contributed by atoms with Gasteiger partial charge < -0.3 is 14.2 Å². The van der Waals surface area contributed by atoms with Crippen LogP contribution < -0.4 is 0 Å². The van der Waals surface area contributed by atoms with Gasteiger partial charge in [-0.25, -0.2) is 9.48 Å². The summed E-state index contributed by atoms with van der Waals surface area (Å²) >= 11 is 0. The second kappa shape index (κ2) is 9.57. The van der Waals surface area contributed by atoms with E-state index in [9.17, 15) is 4.79 Å². The Kier molecular flexibility index (Phi) is 8.11. The third kappa shape index (κ3) is 5.86. The van der Waals surface area contributed by atoms with Crippen molar-refractivity contribution in [1.29, 1.82) is 0 Å². The predicted molar refractivity (Wildman–Crippen MR) is 83.8 cm³/mol. The van der Waals surface area contributed by atoms with Crippen LogP contribution in [0.4, 0.5) is 10.7 Å². The van der Waals surface area contributed by atoms with Crippen LogP contribution in [0.3, 0.4) is 0 Å². The number of aromatic nitrogens is 4. The van der Waals surface area contributed by atoms with E-state index in [-0.39, 0.29) is 44.6 Å². The number of aryl methyl sites for hydroxylation is 3. The minimum atomic E-state index is -0.918. The van der Waals surface area contributed by atoms with E-state index >= 15 is 0 Å². The zero-order valence-electron chi connectivity index (χ0n) is 14.7. The molecule has 1 aromatic heterocycles. The van der Waals surface area contributed by atoms with Gasteiger partial charge in [-0.1, -0.05) is 24.5 Å². The first-order valence-corrected chi connectivity index (χ1v) is 7.13. The summed E-state index contributed by atoms with van der Waals surface area (Å²) in [7, 11) is 2.87.